The third-order valence-corrected chi connectivity index (χ3v) is 4.47. The molecule has 0 aliphatic heterocycles. The van der Waals surface area contributed by atoms with Gasteiger partial charge in [0.1, 0.15) is 5.75 Å². The van der Waals surface area contributed by atoms with Crippen LogP contribution in [-0.2, 0) is 0 Å². The number of rotatable bonds is 4. The molecule has 1 aromatic heterocycles. The third kappa shape index (κ3) is 3.12. The second-order valence-electron chi connectivity index (χ2n) is 6.38. The van der Waals surface area contributed by atoms with Gasteiger partial charge in [-0.3, -0.25) is 4.79 Å². The number of para-hydroxylation sites is 2. The van der Waals surface area contributed by atoms with Crippen LogP contribution in [0.15, 0.2) is 72.8 Å². The molecule has 0 unspecified atom stereocenters. The molecule has 0 bridgehead atoms. The van der Waals surface area contributed by atoms with E-state index in [0.29, 0.717) is 34.0 Å². The predicted octanol–water partition coefficient (Wildman–Crippen LogP) is 4.09. The Hall–Kier alpha value is -3.93. The highest BCUT2D eigenvalue weighted by atomic mass is 16.3. The fourth-order valence-electron chi connectivity index (χ4n) is 2.98. The highest BCUT2D eigenvalue weighted by Crippen LogP contribution is 2.32. The maximum absolute atomic E-state index is 11.6. The molecular weight excluding hydrogens is 352 g/mol. The van der Waals surface area contributed by atoms with Gasteiger partial charge in [-0.1, -0.05) is 24.3 Å². The van der Waals surface area contributed by atoms with Crippen LogP contribution in [0.1, 0.15) is 17.3 Å². The first-order valence-corrected chi connectivity index (χ1v) is 8.76. The predicted molar refractivity (Wildman–Crippen MR) is 108 cm³/mol. The molecule has 0 spiro atoms. The van der Waals surface area contributed by atoms with Gasteiger partial charge in [-0.25, -0.2) is 9.67 Å². The van der Waals surface area contributed by atoms with Crippen molar-refractivity contribution in [3.63, 3.8) is 0 Å². The second kappa shape index (κ2) is 7.00. The maximum Gasteiger partial charge on any atom is 0.184 e. The molecule has 0 saturated carbocycles. The summed E-state index contributed by atoms with van der Waals surface area (Å²) in [5.41, 5.74) is 9.25. The van der Waals surface area contributed by atoms with Gasteiger partial charge in [0.25, 0.3) is 0 Å². The number of nitrogen functional groups attached to an aromatic ring is 1. The molecule has 0 aliphatic carbocycles. The molecule has 4 rings (SSSR count). The summed E-state index contributed by atoms with van der Waals surface area (Å²) in [4.78, 5) is 16.2. The Bertz CT molecular complexity index is 1160. The first-order valence-electron chi connectivity index (χ1n) is 8.76. The minimum atomic E-state index is -0.0104. The van der Waals surface area contributed by atoms with Crippen molar-refractivity contribution in [2.45, 2.75) is 6.92 Å². The Labute approximate surface area is 161 Å². The number of phenolic OH excluding ortho intramolecular Hbond substituents is 1. The summed E-state index contributed by atoms with van der Waals surface area (Å²) in [6, 6.07) is 21.4. The highest BCUT2D eigenvalue weighted by Gasteiger charge is 2.18. The van der Waals surface area contributed by atoms with Crippen molar-refractivity contribution >= 4 is 11.5 Å². The van der Waals surface area contributed by atoms with E-state index in [-0.39, 0.29) is 11.5 Å². The minimum absolute atomic E-state index is 0.0104. The van der Waals surface area contributed by atoms with Crippen LogP contribution in [0.3, 0.4) is 0 Å². The standard InChI is InChI=1S/C22H18N4O2/c1-14(27)15-10-12-16(13-11-15)26-22(18-7-3-5-9-20(18)28)24-21(25-26)17-6-2-4-8-19(17)23/h2-13,28H,23H2,1H3. The molecule has 3 aromatic carbocycles. The van der Waals surface area contributed by atoms with Gasteiger partial charge in [0.05, 0.1) is 11.3 Å². The summed E-state index contributed by atoms with van der Waals surface area (Å²) >= 11 is 0. The Morgan fingerprint density at radius 2 is 1.57 bits per heavy atom. The first-order chi connectivity index (χ1) is 13.5. The highest BCUT2D eigenvalue weighted by molar-refractivity contribution is 5.94. The van der Waals surface area contributed by atoms with Crippen LogP contribution in [0.4, 0.5) is 5.69 Å². The van der Waals surface area contributed by atoms with E-state index in [9.17, 15) is 9.90 Å². The summed E-state index contributed by atoms with van der Waals surface area (Å²) < 4.78 is 1.64. The average molecular weight is 370 g/mol. The Morgan fingerprint density at radius 3 is 2.21 bits per heavy atom. The molecule has 4 aromatic rings. The Morgan fingerprint density at radius 1 is 0.929 bits per heavy atom. The van der Waals surface area contributed by atoms with E-state index >= 15 is 0 Å². The molecule has 0 radical (unpaired) electrons. The van der Waals surface area contributed by atoms with Gasteiger partial charge in [0, 0.05) is 16.8 Å². The number of anilines is 1. The van der Waals surface area contributed by atoms with Crippen LogP contribution in [0.5, 0.6) is 5.75 Å². The van der Waals surface area contributed by atoms with E-state index in [1.807, 2.05) is 24.3 Å². The molecule has 6 nitrogen and oxygen atoms in total. The molecule has 138 valence electrons. The number of aromatic hydroxyl groups is 1. The number of nitrogens with two attached hydrogens (primary N) is 1. The monoisotopic (exact) mass is 370 g/mol. The average Bonchev–Trinajstić information content (AvgIpc) is 3.13. The van der Waals surface area contributed by atoms with Crippen molar-refractivity contribution in [2.24, 2.45) is 0 Å². The van der Waals surface area contributed by atoms with E-state index in [2.05, 4.69) is 10.1 Å². The quantitative estimate of drug-likeness (QED) is 0.417. The van der Waals surface area contributed by atoms with Gasteiger partial charge in [-0.2, -0.15) is 0 Å². The minimum Gasteiger partial charge on any atom is -0.507 e. The van der Waals surface area contributed by atoms with Crippen LogP contribution >= 0.6 is 0 Å². The van der Waals surface area contributed by atoms with E-state index in [4.69, 9.17) is 5.73 Å². The lowest BCUT2D eigenvalue weighted by atomic mass is 10.1. The van der Waals surface area contributed by atoms with Crippen LogP contribution in [0.2, 0.25) is 0 Å². The van der Waals surface area contributed by atoms with E-state index in [1.54, 1.807) is 53.2 Å². The van der Waals surface area contributed by atoms with Crippen molar-refractivity contribution < 1.29 is 9.90 Å². The van der Waals surface area contributed by atoms with Crippen molar-refractivity contribution in [3.05, 3.63) is 78.4 Å². The zero-order chi connectivity index (χ0) is 19.7. The number of hydrogen-bond acceptors (Lipinski definition) is 5. The number of carbonyl (C=O) groups is 1. The van der Waals surface area contributed by atoms with Crippen LogP contribution in [0.25, 0.3) is 28.5 Å². The summed E-state index contributed by atoms with van der Waals surface area (Å²) in [5.74, 6) is 1.02. The van der Waals surface area contributed by atoms with E-state index in [0.717, 1.165) is 5.69 Å². The van der Waals surface area contributed by atoms with Gasteiger partial charge in [0.2, 0.25) is 0 Å². The van der Waals surface area contributed by atoms with Crippen molar-refractivity contribution in [2.75, 3.05) is 5.73 Å². The van der Waals surface area contributed by atoms with Gasteiger partial charge in [0.15, 0.2) is 17.4 Å². The lowest BCUT2D eigenvalue weighted by Crippen LogP contribution is -2.01. The molecule has 0 atom stereocenters. The number of Topliss-reactive ketones (excluding diaryl/α,β-unsaturated/α-hetero) is 1. The molecule has 3 N–H and O–H groups in total. The molecular formula is C22H18N4O2. The number of hydrogen-bond donors (Lipinski definition) is 2. The molecule has 0 fully saturated rings. The second-order valence-corrected chi connectivity index (χ2v) is 6.38. The van der Waals surface area contributed by atoms with E-state index < -0.39 is 0 Å². The fraction of sp³-hybridized carbons (Fsp3) is 0.0455. The molecule has 0 saturated heterocycles. The van der Waals surface area contributed by atoms with Crippen LogP contribution < -0.4 is 5.73 Å². The zero-order valence-electron chi connectivity index (χ0n) is 15.2. The number of phenols is 1. The van der Waals surface area contributed by atoms with Gasteiger partial charge in [-0.15, -0.1) is 5.10 Å². The number of aromatic nitrogens is 3. The molecule has 0 aliphatic rings. The summed E-state index contributed by atoms with van der Waals surface area (Å²) in [6.45, 7) is 1.52. The number of nitrogens with zero attached hydrogens (tertiary/aromatic N) is 3. The summed E-state index contributed by atoms with van der Waals surface area (Å²) in [6.07, 6.45) is 0. The SMILES string of the molecule is CC(=O)c1ccc(-n2nc(-c3ccccc3N)nc2-c2ccccc2O)cc1. The Balaban J connectivity index is 1.92. The van der Waals surface area contributed by atoms with Gasteiger partial charge in [-0.05, 0) is 55.5 Å². The molecule has 1 heterocycles. The van der Waals surface area contributed by atoms with Crippen molar-refractivity contribution in [1.29, 1.82) is 0 Å². The maximum atomic E-state index is 11.6. The van der Waals surface area contributed by atoms with Crippen LogP contribution in [0, 0.1) is 0 Å². The van der Waals surface area contributed by atoms with Crippen LogP contribution in [-0.4, -0.2) is 25.7 Å². The molecule has 6 heteroatoms. The largest absolute Gasteiger partial charge is 0.507 e. The lowest BCUT2D eigenvalue weighted by Gasteiger charge is -2.07. The van der Waals surface area contributed by atoms with Crippen molar-refractivity contribution in [3.8, 4) is 34.2 Å². The fourth-order valence-corrected chi connectivity index (χ4v) is 2.98. The zero-order valence-corrected chi connectivity index (χ0v) is 15.2. The van der Waals surface area contributed by atoms with E-state index in [1.165, 1.54) is 6.92 Å². The smallest absolute Gasteiger partial charge is 0.184 e. The number of carbonyl (C=O) groups excluding carboxylic acids is 1. The third-order valence-electron chi connectivity index (χ3n) is 4.47. The van der Waals surface area contributed by atoms with Gasteiger partial charge >= 0.3 is 0 Å². The topological polar surface area (TPSA) is 94.0 Å². The number of benzene rings is 3. The molecule has 28 heavy (non-hydrogen) atoms. The number of ketones is 1. The Kier molecular flexibility index (Phi) is 4.37. The molecule has 0 amide bonds. The first kappa shape index (κ1) is 17.5. The summed E-state index contributed by atoms with van der Waals surface area (Å²) in [5, 5.41) is 15.0. The summed E-state index contributed by atoms with van der Waals surface area (Å²) in [7, 11) is 0. The van der Waals surface area contributed by atoms with Crippen molar-refractivity contribution in [1.82, 2.24) is 14.8 Å². The van der Waals surface area contributed by atoms with Gasteiger partial charge < -0.3 is 10.8 Å². The normalized spacial score (nSPS) is 10.8. The lowest BCUT2D eigenvalue weighted by molar-refractivity contribution is 0.101.